The zero-order valence-corrected chi connectivity index (χ0v) is 14.9. The lowest BCUT2D eigenvalue weighted by Crippen LogP contribution is -2.10. The lowest BCUT2D eigenvalue weighted by molar-refractivity contribution is 0.871. The minimum absolute atomic E-state index is 0.176. The van der Waals surface area contributed by atoms with E-state index < -0.39 is 0 Å². The molecule has 0 amide bonds. The highest BCUT2D eigenvalue weighted by atomic mass is 35.5. The number of benzene rings is 2. The summed E-state index contributed by atoms with van der Waals surface area (Å²) in [6.07, 6.45) is 2.45. The Balaban J connectivity index is 1.56. The zero-order chi connectivity index (χ0) is 17.5. The molecule has 0 fully saturated rings. The van der Waals surface area contributed by atoms with Crippen molar-refractivity contribution in [2.75, 3.05) is 17.2 Å². The van der Waals surface area contributed by atoms with Crippen LogP contribution in [0.5, 0.6) is 0 Å². The van der Waals surface area contributed by atoms with E-state index in [1.165, 1.54) is 11.1 Å². The van der Waals surface area contributed by atoms with E-state index in [0.29, 0.717) is 0 Å². The Morgan fingerprint density at radius 2 is 1.76 bits per heavy atom. The van der Waals surface area contributed by atoms with E-state index in [4.69, 9.17) is 11.6 Å². The molecular formula is C20H21ClN4. The molecule has 5 heteroatoms. The fourth-order valence-electron chi connectivity index (χ4n) is 2.61. The molecule has 0 spiro atoms. The number of anilines is 2. The van der Waals surface area contributed by atoms with Gasteiger partial charge in [0.25, 0.3) is 0 Å². The number of aromatic nitrogens is 2. The Morgan fingerprint density at radius 3 is 2.56 bits per heavy atom. The van der Waals surface area contributed by atoms with E-state index >= 15 is 0 Å². The first-order chi connectivity index (χ1) is 12.2. The summed E-state index contributed by atoms with van der Waals surface area (Å²) in [6.45, 7) is 2.90. The van der Waals surface area contributed by atoms with Gasteiger partial charge in [0.05, 0.1) is 0 Å². The highest BCUT2D eigenvalue weighted by molar-refractivity contribution is 6.30. The van der Waals surface area contributed by atoms with Gasteiger partial charge < -0.3 is 10.6 Å². The second-order valence-electron chi connectivity index (χ2n) is 5.87. The van der Waals surface area contributed by atoms with E-state index in [1.54, 1.807) is 6.33 Å². The van der Waals surface area contributed by atoms with Gasteiger partial charge in [-0.15, -0.1) is 0 Å². The summed E-state index contributed by atoms with van der Waals surface area (Å²) < 4.78 is 0. The normalized spacial score (nSPS) is 11.8. The van der Waals surface area contributed by atoms with Crippen molar-refractivity contribution in [2.24, 2.45) is 0 Å². The molecule has 2 N–H and O–H groups in total. The van der Waals surface area contributed by atoms with Gasteiger partial charge in [0.15, 0.2) is 0 Å². The monoisotopic (exact) mass is 352 g/mol. The molecule has 1 aromatic heterocycles. The third-order valence-corrected chi connectivity index (χ3v) is 4.17. The Labute approximate surface area is 153 Å². The van der Waals surface area contributed by atoms with Crippen LogP contribution in [0.1, 0.15) is 24.1 Å². The molecular weight excluding hydrogens is 332 g/mol. The summed E-state index contributed by atoms with van der Waals surface area (Å²) in [7, 11) is 0. The molecule has 0 saturated heterocycles. The van der Waals surface area contributed by atoms with Gasteiger partial charge in [-0.05, 0) is 36.6 Å². The Morgan fingerprint density at radius 1 is 0.960 bits per heavy atom. The minimum Gasteiger partial charge on any atom is -0.370 e. The largest absolute Gasteiger partial charge is 0.370 e. The summed E-state index contributed by atoms with van der Waals surface area (Å²) in [6, 6.07) is 20.3. The first-order valence-electron chi connectivity index (χ1n) is 8.32. The molecule has 1 unspecified atom stereocenters. The molecule has 1 atom stereocenters. The van der Waals surface area contributed by atoms with Crippen LogP contribution in [-0.4, -0.2) is 16.5 Å². The number of rotatable bonds is 7. The van der Waals surface area contributed by atoms with E-state index in [1.807, 2.05) is 42.5 Å². The quantitative estimate of drug-likeness (QED) is 0.631. The molecule has 25 heavy (non-hydrogen) atoms. The van der Waals surface area contributed by atoms with Crippen LogP contribution in [0.3, 0.4) is 0 Å². The maximum Gasteiger partial charge on any atom is 0.131 e. The van der Waals surface area contributed by atoms with Crippen LogP contribution in [0.25, 0.3) is 0 Å². The van der Waals surface area contributed by atoms with E-state index in [0.717, 1.165) is 29.6 Å². The van der Waals surface area contributed by atoms with Crippen molar-refractivity contribution < 1.29 is 0 Å². The average molecular weight is 353 g/mol. The van der Waals surface area contributed by atoms with Crippen molar-refractivity contribution in [1.29, 1.82) is 0 Å². The first-order valence-corrected chi connectivity index (χ1v) is 8.70. The SMILES string of the molecule is CC(Nc1cc(NCCc2cccc(Cl)c2)ncn1)c1ccccc1. The van der Waals surface area contributed by atoms with Gasteiger partial charge in [0.2, 0.25) is 0 Å². The molecule has 128 valence electrons. The van der Waals surface area contributed by atoms with Crippen molar-refractivity contribution in [2.45, 2.75) is 19.4 Å². The van der Waals surface area contributed by atoms with Crippen LogP contribution in [-0.2, 0) is 6.42 Å². The minimum atomic E-state index is 0.176. The standard InChI is InChI=1S/C20H21ClN4/c1-15(17-7-3-2-4-8-17)25-20-13-19(23-14-24-20)22-11-10-16-6-5-9-18(21)12-16/h2-9,12-15H,10-11H2,1H3,(H2,22,23,24,25). The molecule has 4 nitrogen and oxygen atoms in total. The van der Waals surface area contributed by atoms with Crippen LogP contribution in [0, 0.1) is 0 Å². The topological polar surface area (TPSA) is 49.8 Å². The summed E-state index contributed by atoms with van der Waals surface area (Å²) in [5.74, 6) is 1.61. The molecule has 0 aliphatic carbocycles. The number of nitrogens with one attached hydrogen (secondary N) is 2. The van der Waals surface area contributed by atoms with Crippen molar-refractivity contribution in [3.63, 3.8) is 0 Å². The van der Waals surface area contributed by atoms with Crippen molar-refractivity contribution >= 4 is 23.2 Å². The van der Waals surface area contributed by atoms with Crippen molar-refractivity contribution in [3.05, 3.63) is 83.1 Å². The van der Waals surface area contributed by atoms with Crippen molar-refractivity contribution in [3.8, 4) is 0 Å². The molecule has 1 heterocycles. The maximum atomic E-state index is 6.01. The molecule has 0 bridgehead atoms. The summed E-state index contributed by atoms with van der Waals surface area (Å²) in [5, 5.41) is 7.50. The second-order valence-corrected chi connectivity index (χ2v) is 6.31. The van der Waals surface area contributed by atoms with E-state index in [-0.39, 0.29) is 6.04 Å². The second kappa shape index (κ2) is 8.49. The number of hydrogen-bond acceptors (Lipinski definition) is 4. The predicted octanol–water partition coefficient (Wildman–Crippen LogP) is 4.96. The van der Waals surface area contributed by atoms with Gasteiger partial charge in [0.1, 0.15) is 18.0 Å². The average Bonchev–Trinajstić information content (AvgIpc) is 2.63. The van der Waals surface area contributed by atoms with Crippen LogP contribution in [0.4, 0.5) is 11.6 Å². The maximum absolute atomic E-state index is 6.01. The molecule has 0 radical (unpaired) electrons. The highest BCUT2D eigenvalue weighted by Crippen LogP contribution is 2.18. The van der Waals surface area contributed by atoms with Crippen LogP contribution >= 0.6 is 11.6 Å². The van der Waals surface area contributed by atoms with Crippen LogP contribution in [0.2, 0.25) is 5.02 Å². The molecule has 2 aromatic carbocycles. The van der Waals surface area contributed by atoms with Gasteiger partial charge in [-0.2, -0.15) is 0 Å². The van der Waals surface area contributed by atoms with Gasteiger partial charge in [-0.1, -0.05) is 54.1 Å². The summed E-state index contributed by atoms with van der Waals surface area (Å²) in [4.78, 5) is 8.58. The van der Waals surface area contributed by atoms with Gasteiger partial charge in [0, 0.05) is 23.7 Å². The van der Waals surface area contributed by atoms with Gasteiger partial charge in [-0.3, -0.25) is 0 Å². The zero-order valence-electron chi connectivity index (χ0n) is 14.1. The predicted molar refractivity (Wildman–Crippen MR) is 104 cm³/mol. The fraction of sp³-hybridized carbons (Fsp3) is 0.200. The summed E-state index contributed by atoms with van der Waals surface area (Å²) >= 11 is 6.01. The fourth-order valence-corrected chi connectivity index (χ4v) is 2.82. The lowest BCUT2D eigenvalue weighted by Gasteiger charge is -2.15. The number of nitrogens with zero attached hydrogens (tertiary/aromatic N) is 2. The molecule has 0 aliphatic rings. The Bertz CT molecular complexity index is 808. The molecule has 0 saturated carbocycles. The number of halogens is 1. The van der Waals surface area contributed by atoms with Crippen LogP contribution in [0.15, 0.2) is 67.0 Å². The Kier molecular flexibility index (Phi) is 5.86. The number of hydrogen-bond donors (Lipinski definition) is 2. The summed E-state index contributed by atoms with van der Waals surface area (Å²) in [5.41, 5.74) is 2.42. The lowest BCUT2D eigenvalue weighted by atomic mass is 10.1. The first kappa shape index (κ1) is 17.2. The molecule has 3 aromatic rings. The highest BCUT2D eigenvalue weighted by Gasteiger charge is 2.06. The smallest absolute Gasteiger partial charge is 0.131 e. The van der Waals surface area contributed by atoms with Gasteiger partial charge in [-0.25, -0.2) is 9.97 Å². The third-order valence-electron chi connectivity index (χ3n) is 3.94. The Hall–Kier alpha value is -2.59. The third kappa shape index (κ3) is 5.19. The van der Waals surface area contributed by atoms with E-state index in [9.17, 15) is 0 Å². The van der Waals surface area contributed by atoms with Crippen molar-refractivity contribution in [1.82, 2.24) is 9.97 Å². The molecule has 3 rings (SSSR count). The van der Waals surface area contributed by atoms with Gasteiger partial charge >= 0.3 is 0 Å². The molecule has 0 aliphatic heterocycles. The van der Waals surface area contributed by atoms with E-state index in [2.05, 4.69) is 45.7 Å². The van der Waals surface area contributed by atoms with Crippen LogP contribution < -0.4 is 10.6 Å².